The quantitative estimate of drug-likeness (QED) is 0.678. The molecule has 1 heterocycles. The van der Waals surface area contributed by atoms with Crippen LogP contribution in [0.5, 0.6) is 0 Å². The molecule has 3 aromatic rings. The molecule has 1 unspecified atom stereocenters. The van der Waals surface area contributed by atoms with Crippen LogP contribution in [0, 0.1) is 0 Å². The van der Waals surface area contributed by atoms with Gasteiger partial charge in [0.1, 0.15) is 11.6 Å². The highest BCUT2D eigenvalue weighted by atomic mass is 32.1. The summed E-state index contributed by atoms with van der Waals surface area (Å²) in [4.78, 5) is 29.6. The first-order valence-electron chi connectivity index (χ1n) is 8.73. The molecule has 0 saturated heterocycles. The maximum Gasteiger partial charge on any atom is 0.329 e. The molecular formula is C21H22N2O3S. The van der Waals surface area contributed by atoms with Crippen LogP contribution in [0.1, 0.15) is 36.7 Å². The number of ether oxygens (including phenoxy) is 1. The number of rotatable bonds is 5. The minimum absolute atomic E-state index is 0.308. The van der Waals surface area contributed by atoms with E-state index in [9.17, 15) is 9.59 Å². The summed E-state index contributed by atoms with van der Waals surface area (Å²) in [6.07, 6.45) is 0.365. The summed E-state index contributed by atoms with van der Waals surface area (Å²) in [6, 6.07) is 14.1. The Bertz CT molecular complexity index is 945. The van der Waals surface area contributed by atoms with Gasteiger partial charge in [-0.1, -0.05) is 30.3 Å². The largest absolute Gasteiger partial charge is 0.458 e. The van der Waals surface area contributed by atoms with E-state index in [1.165, 1.54) is 11.3 Å². The number of benzene rings is 2. The lowest BCUT2D eigenvalue weighted by molar-refractivity contribution is -0.157. The van der Waals surface area contributed by atoms with Crippen molar-refractivity contribution in [2.45, 2.75) is 38.8 Å². The van der Waals surface area contributed by atoms with Crippen molar-refractivity contribution in [2.75, 3.05) is 0 Å². The predicted molar refractivity (Wildman–Crippen MR) is 107 cm³/mol. The molecule has 27 heavy (non-hydrogen) atoms. The van der Waals surface area contributed by atoms with E-state index in [0.29, 0.717) is 12.0 Å². The molecule has 0 spiro atoms. The van der Waals surface area contributed by atoms with Crippen LogP contribution in [0.3, 0.4) is 0 Å². The van der Waals surface area contributed by atoms with Crippen molar-refractivity contribution in [3.8, 4) is 0 Å². The smallest absolute Gasteiger partial charge is 0.329 e. The fraction of sp³-hybridized carbons (Fsp3) is 0.286. The number of aromatic nitrogens is 1. The minimum atomic E-state index is -0.767. The highest BCUT2D eigenvalue weighted by Crippen LogP contribution is 2.19. The molecule has 0 aliphatic heterocycles. The zero-order chi connectivity index (χ0) is 19.4. The Labute approximate surface area is 162 Å². The van der Waals surface area contributed by atoms with E-state index in [2.05, 4.69) is 10.3 Å². The average molecular weight is 382 g/mol. The van der Waals surface area contributed by atoms with E-state index in [0.717, 1.165) is 15.8 Å². The molecule has 1 atom stereocenters. The van der Waals surface area contributed by atoms with Gasteiger partial charge in [-0.05, 0) is 44.5 Å². The number of carbonyl (C=O) groups is 2. The Balaban J connectivity index is 1.80. The van der Waals surface area contributed by atoms with E-state index >= 15 is 0 Å². The molecule has 2 aromatic carbocycles. The first-order valence-corrected chi connectivity index (χ1v) is 9.61. The lowest BCUT2D eigenvalue weighted by Gasteiger charge is -2.24. The summed E-state index contributed by atoms with van der Waals surface area (Å²) in [6.45, 7) is 5.43. The Morgan fingerprint density at radius 3 is 2.59 bits per heavy atom. The summed E-state index contributed by atoms with van der Waals surface area (Å²) in [5, 5.41) is 2.83. The molecule has 6 heteroatoms. The van der Waals surface area contributed by atoms with Crippen LogP contribution in [0.2, 0.25) is 0 Å². The lowest BCUT2D eigenvalue weighted by atomic mass is 10.0. The lowest BCUT2D eigenvalue weighted by Crippen LogP contribution is -2.45. The molecule has 0 radical (unpaired) electrons. The van der Waals surface area contributed by atoms with E-state index in [4.69, 9.17) is 4.74 Å². The number of hydrogen-bond acceptors (Lipinski definition) is 5. The molecule has 0 bridgehead atoms. The maximum atomic E-state index is 12.7. The van der Waals surface area contributed by atoms with Gasteiger partial charge in [0.05, 0.1) is 15.7 Å². The monoisotopic (exact) mass is 382 g/mol. The fourth-order valence-corrected chi connectivity index (χ4v) is 3.37. The predicted octanol–water partition coefficient (Wildman–Crippen LogP) is 3.98. The van der Waals surface area contributed by atoms with Crippen molar-refractivity contribution < 1.29 is 14.3 Å². The number of nitrogens with one attached hydrogen (secondary N) is 1. The van der Waals surface area contributed by atoms with Crippen molar-refractivity contribution in [2.24, 2.45) is 0 Å². The van der Waals surface area contributed by atoms with Crippen LogP contribution in [-0.4, -0.2) is 28.5 Å². The van der Waals surface area contributed by atoms with Gasteiger partial charge < -0.3 is 10.1 Å². The Morgan fingerprint density at radius 1 is 1.15 bits per heavy atom. The number of nitrogens with zero attached hydrogens (tertiary/aromatic N) is 1. The minimum Gasteiger partial charge on any atom is -0.458 e. The van der Waals surface area contributed by atoms with E-state index in [1.807, 2.05) is 51.1 Å². The molecule has 1 aromatic heterocycles. The van der Waals surface area contributed by atoms with E-state index < -0.39 is 17.6 Å². The molecule has 5 nitrogen and oxygen atoms in total. The fourth-order valence-electron chi connectivity index (χ4n) is 2.65. The maximum absolute atomic E-state index is 12.7. The zero-order valence-corrected chi connectivity index (χ0v) is 16.4. The van der Waals surface area contributed by atoms with Gasteiger partial charge in [0.25, 0.3) is 5.91 Å². The van der Waals surface area contributed by atoms with Crippen molar-refractivity contribution in [3.05, 3.63) is 65.2 Å². The van der Waals surface area contributed by atoms with Crippen molar-refractivity contribution >= 4 is 33.4 Å². The van der Waals surface area contributed by atoms with Crippen molar-refractivity contribution in [3.63, 3.8) is 0 Å². The van der Waals surface area contributed by atoms with E-state index in [-0.39, 0.29) is 5.91 Å². The molecule has 3 rings (SSSR count). The van der Waals surface area contributed by atoms with Gasteiger partial charge in [0, 0.05) is 12.0 Å². The summed E-state index contributed by atoms with van der Waals surface area (Å²) < 4.78 is 6.44. The number of thiazole rings is 1. The van der Waals surface area contributed by atoms with Gasteiger partial charge in [-0.3, -0.25) is 4.79 Å². The second-order valence-corrected chi connectivity index (χ2v) is 8.17. The van der Waals surface area contributed by atoms with Gasteiger partial charge >= 0.3 is 5.97 Å². The van der Waals surface area contributed by atoms with Gasteiger partial charge in [-0.25, -0.2) is 9.78 Å². The number of amides is 1. The second kappa shape index (κ2) is 7.88. The van der Waals surface area contributed by atoms with Gasteiger partial charge in [0.2, 0.25) is 0 Å². The SMILES string of the molecule is CC(C)(C)OC(=O)C(Cc1ccccc1)NC(=O)c1ccc2ncsc2c1. The molecule has 1 amide bonds. The van der Waals surface area contributed by atoms with Crippen LogP contribution in [-0.2, 0) is 16.0 Å². The molecule has 0 saturated carbocycles. The summed E-state index contributed by atoms with van der Waals surface area (Å²) in [5.41, 5.74) is 3.41. The third kappa shape index (κ3) is 5.14. The Morgan fingerprint density at radius 2 is 1.89 bits per heavy atom. The second-order valence-electron chi connectivity index (χ2n) is 7.28. The number of carbonyl (C=O) groups excluding carboxylic acids is 2. The summed E-state index contributed by atoms with van der Waals surface area (Å²) in [5.74, 6) is -0.754. The molecule has 1 N–H and O–H groups in total. The molecular weight excluding hydrogens is 360 g/mol. The van der Waals surface area contributed by atoms with Gasteiger partial charge in [-0.15, -0.1) is 11.3 Å². The number of hydrogen-bond donors (Lipinski definition) is 1. The topological polar surface area (TPSA) is 68.3 Å². The molecule has 0 aliphatic carbocycles. The Kier molecular flexibility index (Phi) is 5.56. The van der Waals surface area contributed by atoms with Gasteiger partial charge in [0.15, 0.2) is 0 Å². The van der Waals surface area contributed by atoms with Crippen LogP contribution in [0.4, 0.5) is 0 Å². The first-order chi connectivity index (χ1) is 12.8. The summed E-state index contributed by atoms with van der Waals surface area (Å²) >= 11 is 1.47. The standard InChI is InChI=1S/C21H22N2O3S/c1-21(2,3)26-20(25)17(11-14-7-5-4-6-8-14)23-19(24)15-9-10-16-18(12-15)27-13-22-16/h4-10,12-13,17H,11H2,1-3H3,(H,23,24). The van der Waals surface area contributed by atoms with Crippen LogP contribution in [0.25, 0.3) is 10.2 Å². The third-order valence-electron chi connectivity index (χ3n) is 3.87. The number of esters is 1. The molecule has 0 fully saturated rings. The number of fused-ring (bicyclic) bond motifs is 1. The third-order valence-corrected chi connectivity index (χ3v) is 4.66. The van der Waals surface area contributed by atoms with Crippen molar-refractivity contribution in [1.29, 1.82) is 0 Å². The van der Waals surface area contributed by atoms with Gasteiger partial charge in [-0.2, -0.15) is 0 Å². The normalized spacial score (nSPS) is 12.6. The molecule has 140 valence electrons. The van der Waals surface area contributed by atoms with Crippen LogP contribution < -0.4 is 5.32 Å². The van der Waals surface area contributed by atoms with Crippen LogP contribution in [0.15, 0.2) is 54.0 Å². The highest BCUT2D eigenvalue weighted by Gasteiger charge is 2.27. The van der Waals surface area contributed by atoms with Crippen molar-refractivity contribution in [1.82, 2.24) is 10.3 Å². The first kappa shape index (κ1) is 19.0. The zero-order valence-electron chi connectivity index (χ0n) is 15.6. The summed E-state index contributed by atoms with van der Waals surface area (Å²) in [7, 11) is 0. The van der Waals surface area contributed by atoms with E-state index in [1.54, 1.807) is 23.7 Å². The average Bonchev–Trinajstić information content (AvgIpc) is 3.08. The molecule has 0 aliphatic rings. The Hall–Kier alpha value is -2.73. The highest BCUT2D eigenvalue weighted by molar-refractivity contribution is 7.16. The van der Waals surface area contributed by atoms with Crippen LogP contribution >= 0.6 is 11.3 Å².